The van der Waals surface area contributed by atoms with E-state index >= 15 is 0 Å². The zero-order valence-electron chi connectivity index (χ0n) is 11.9. The van der Waals surface area contributed by atoms with E-state index in [2.05, 4.69) is 22.5 Å². The Bertz CT molecular complexity index is 546. The smallest absolute Gasteiger partial charge is 0.121 e. The Morgan fingerprint density at radius 2 is 2.16 bits per heavy atom. The number of aryl methyl sites for hydroxylation is 2. The quantitative estimate of drug-likeness (QED) is 0.870. The van der Waals surface area contributed by atoms with Crippen molar-refractivity contribution in [1.29, 1.82) is 0 Å². The molecule has 0 radical (unpaired) electrons. The number of imidazole rings is 1. The normalized spacial score (nSPS) is 11.4. The van der Waals surface area contributed by atoms with Crippen molar-refractivity contribution in [2.45, 2.75) is 46.3 Å². The van der Waals surface area contributed by atoms with Gasteiger partial charge in [0, 0.05) is 25.6 Å². The lowest BCUT2D eigenvalue weighted by Gasteiger charge is -2.09. The van der Waals surface area contributed by atoms with Crippen molar-refractivity contribution in [2.75, 3.05) is 6.61 Å². The van der Waals surface area contributed by atoms with Crippen LogP contribution in [0.3, 0.4) is 0 Å². The lowest BCUT2D eigenvalue weighted by molar-refractivity contribution is 0.242. The van der Waals surface area contributed by atoms with Crippen LogP contribution in [0.5, 0.6) is 5.75 Å². The molecule has 4 nitrogen and oxygen atoms in total. The van der Waals surface area contributed by atoms with E-state index in [1.165, 1.54) is 0 Å². The molecule has 0 aliphatic heterocycles. The monoisotopic (exact) mass is 262 g/mol. The zero-order chi connectivity index (χ0) is 13.8. The van der Waals surface area contributed by atoms with Gasteiger partial charge < -0.3 is 14.4 Å². The van der Waals surface area contributed by atoms with Gasteiger partial charge in [-0.1, -0.05) is 0 Å². The second-order valence-electron chi connectivity index (χ2n) is 4.92. The minimum Gasteiger partial charge on any atom is -0.491 e. The van der Waals surface area contributed by atoms with Crippen LogP contribution in [0.4, 0.5) is 0 Å². The molecule has 1 N–H and O–H groups in total. The first-order valence-corrected chi connectivity index (χ1v) is 6.92. The molecule has 0 atom stereocenters. The number of benzene rings is 1. The van der Waals surface area contributed by atoms with Crippen LogP contribution in [-0.2, 0) is 13.0 Å². The fraction of sp³-hybridized carbons (Fsp3) is 0.533. The summed E-state index contributed by atoms with van der Waals surface area (Å²) >= 11 is 0. The highest BCUT2D eigenvalue weighted by atomic mass is 16.5. The van der Waals surface area contributed by atoms with Gasteiger partial charge in [0.2, 0.25) is 0 Å². The van der Waals surface area contributed by atoms with E-state index < -0.39 is 0 Å². The third-order valence-electron chi connectivity index (χ3n) is 3.05. The second kappa shape index (κ2) is 6.06. The van der Waals surface area contributed by atoms with Gasteiger partial charge in [0.15, 0.2) is 0 Å². The molecule has 104 valence electrons. The number of aliphatic hydroxyl groups is 1. The van der Waals surface area contributed by atoms with Crippen LogP contribution in [0, 0.1) is 0 Å². The van der Waals surface area contributed by atoms with Crippen molar-refractivity contribution in [1.82, 2.24) is 9.55 Å². The number of nitrogens with zero attached hydrogens (tertiary/aromatic N) is 2. The number of ether oxygens (including phenoxy) is 1. The maximum absolute atomic E-state index is 8.95. The highest BCUT2D eigenvalue weighted by molar-refractivity contribution is 5.77. The molecule has 0 amide bonds. The molecule has 2 rings (SSSR count). The van der Waals surface area contributed by atoms with Crippen molar-refractivity contribution in [3.8, 4) is 5.75 Å². The summed E-state index contributed by atoms with van der Waals surface area (Å²) in [6.45, 7) is 7.24. The van der Waals surface area contributed by atoms with Crippen molar-refractivity contribution in [3.05, 3.63) is 24.0 Å². The van der Waals surface area contributed by atoms with Gasteiger partial charge in [0.25, 0.3) is 0 Å². The van der Waals surface area contributed by atoms with Gasteiger partial charge in [-0.15, -0.1) is 0 Å². The third-order valence-corrected chi connectivity index (χ3v) is 3.05. The molecule has 0 unspecified atom stereocenters. The molecule has 0 saturated heterocycles. The standard InChI is InChI=1S/C15H22N2O2/c1-4-17-14-8-7-12(19-11(2)3)10-13(14)16-15(17)6-5-9-18/h7-8,10-11,18H,4-6,9H2,1-3H3. The highest BCUT2D eigenvalue weighted by Gasteiger charge is 2.10. The molecular weight excluding hydrogens is 240 g/mol. The van der Waals surface area contributed by atoms with Gasteiger partial charge in [0.1, 0.15) is 11.6 Å². The van der Waals surface area contributed by atoms with Crippen LogP contribution >= 0.6 is 0 Å². The number of hydrogen-bond acceptors (Lipinski definition) is 3. The van der Waals surface area contributed by atoms with E-state index in [1.807, 2.05) is 26.0 Å². The van der Waals surface area contributed by atoms with Crippen LogP contribution < -0.4 is 4.74 Å². The predicted molar refractivity (Wildman–Crippen MR) is 76.6 cm³/mol. The van der Waals surface area contributed by atoms with E-state index in [0.29, 0.717) is 0 Å². The van der Waals surface area contributed by atoms with E-state index in [1.54, 1.807) is 0 Å². The van der Waals surface area contributed by atoms with Crippen LogP contribution in [0.15, 0.2) is 18.2 Å². The van der Waals surface area contributed by atoms with Gasteiger partial charge in [-0.05, 0) is 39.3 Å². The maximum Gasteiger partial charge on any atom is 0.121 e. The van der Waals surface area contributed by atoms with Gasteiger partial charge in [-0.2, -0.15) is 0 Å². The van der Waals surface area contributed by atoms with Crippen LogP contribution in [0.1, 0.15) is 33.0 Å². The number of rotatable bonds is 6. The average molecular weight is 262 g/mol. The maximum atomic E-state index is 8.95. The highest BCUT2D eigenvalue weighted by Crippen LogP contribution is 2.23. The lowest BCUT2D eigenvalue weighted by Crippen LogP contribution is -2.05. The average Bonchev–Trinajstić information content (AvgIpc) is 2.72. The molecule has 0 saturated carbocycles. The summed E-state index contributed by atoms with van der Waals surface area (Å²) in [4.78, 5) is 4.66. The third kappa shape index (κ3) is 3.07. The zero-order valence-corrected chi connectivity index (χ0v) is 11.9. The lowest BCUT2D eigenvalue weighted by atomic mass is 10.3. The number of aromatic nitrogens is 2. The number of aliphatic hydroxyl groups excluding tert-OH is 1. The molecule has 4 heteroatoms. The Balaban J connectivity index is 2.37. The van der Waals surface area contributed by atoms with E-state index in [9.17, 15) is 0 Å². The van der Waals surface area contributed by atoms with Crippen molar-refractivity contribution < 1.29 is 9.84 Å². The Morgan fingerprint density at radius 3 is 2.79 bits per heavy atom. The number of hydrogen-bond donors (Lipinski definition) is 1. The molecule has 19 heavy (non-hydrogen) atoms. The fourth-order valence-electron chi connectivity index (χ4n) is 2.29. The Labute approximate surface area is 114 Å². The van der Waals surface area contributed by atoms with Crippen molar-refractivity contribution in [3.63, 3.8) is 0 Å². The van der Waals surface area contributed by atoms with Crippen LogP contribution in [0.2, 0.25) is 0 Å². The first-order valence-electron chi connectivity index (χ1n) is 6.92. The Hall–Kier alpha value is -1.55. The summed E-state index contributed by atoms with van der Waals surface area (Å²) in [5.74, 6) is 1.89. The summed E-state index contributed by atoms with van der Waals surface area (Å²) in [6.07, 6.45) is 1.72. The van der Waals surface area contributed by atoms with Crippen LogP contribution in [-0.4, -0.2) is 27.4 Å². The minimum absolute atomic E-state index is 0.166. The number of fused-ring (bicyclic) bond motifs is 1. The summed E-state index contributed by atoms with van der Waals surface area (Å²) in [5, 5.41) is 8.95. The summed E-state index contributed by atoms with van der Waals surface area (Å²) in [5.41, 5.74) is 2.10. The van der Waals surface area contributed by atoms with Gasteiger partial charge in [-0.3, -0.25) is 0 Å². The first kappa shape index (κ1) is 13.9. The summed E-state index contributed by atoms with van der Waals surface area (Å²) < 4.78 is 7.90. The topological polar surface area (TPSA) is 47.3 Å². The molecular formula is C15H22N2O2. The van der Waals surface area contributed by atoms with Crippen LogP contribution in [0.25, 0.3) is 11.0 Å². The molecule has 1 aromatic carbocycles. The fourth-order valence-corrected chi connectivity index (χ4v) is 2.29. The molecule has 0 fully saturated rings. The second-order valence-corrected chi connectivity index (χ2v) is 4.92. The van der Waals surface area contributed by atoms with Crippen molar-refractivity contribution >= 4 is 11.0 Å². The van der Waals surface area contributed by atoms with Gasteiger partial charge in [-0.25, -0.2) is 4.98 Å². The van der Waals surface area contributed by atoms with E-state index in [-0.39, 0.29) is 12.7 Å². The van der Waals surface area contributed by atoms with Crippen molar-refractivity contribution in [2.24, 2.45) is 0 Å². The summed E-state index contributed by atoms with van der Waals surface area (Å²) in [7, 11) is 0. The van der Waals surface area contributed by atoms with Gasteiger partial charge in [0.05, 0.1) is 17.1 Å². The molecule has 1 heterocycles. The van der Waals surface area contributed by atoms with E-state index in [4.69, 9.17) is 9.84 Å². The molecule has 2 aromatic rings. The summed E-state index contributed by atoms with van der Waals surface area (Å²) in [6, 6.07) is 6.04. The SMILES string of the molecule is CCn1c(CCCO)nc2cc(OC(C)C)ccc21. The molecule has 0 spiro atoms. The Kier molecular flexibility index (Phi) is 4.43. The first-order chi connectivity index (χ1) is 9.15. The van der Waals surface area contributed by atoms with Gasteiger partial charge >= 0.3 is 0 Å². The molecule has 0 aliphatic rings. The predicted octanol–water partition coefficient (Wildman–Crippen LogP) is 2.77. The molecule has 0 bridgehead atoms. The molecule has 0 aliphatic carbocycles. The largest absolute Gasteiger partial charge is 0.491 e. The molecule has 1 aromatic heterocycles. The van der Waals surface area contributed by atoms with E-state index in [0.717, 1.165) is 42.0 Å². The Morgan fingerprint density at radius 1 is 1.37 bits per heavy atom. The minimum atomic E-state index is 0.166.